The molecule has 0 aliphatic heterocycles. The predicted molar refractivity (Wildman–Crippen MR) is 68.2 cm³/mol. The molecular weight excluding hydrogens is 270 g/mol. The number of benzene rings is 1. The summed E-state index contributed by atoms with van der Waals surface area (Å²) in [6, 6.07) is 4.52. The molecule has 104 valence electrons. The van der Waals surface area contributed by atoms with Crippen molar-refractivity contribution in [1.82, 2.24) is 4.72 Å². The molecule has 0 amide bonds. The van der Waals surface area contributed by atoms with Crippen LogP contribution < -0.4 is 4.72 Å². The summed E-state index contributed by atoms with van der Waals surface area (Å²) in [7, 11) is -3.95. The Hall–Kier alpha value is -1.73. The van der Waals surface area contributed by atoms with Crippen LogP contribution in [0.15, 0.2) is 29.2 Å². The number of carbonyl (C=O) groups excluding carboxylic acids is 1. The average Bonchev–Trinajstić information content (AvgIpc) is 2.27. The van der Waals surface area contributed by atoms with Crippen molar-refractivity contribution in [3.05, 3.63) is 29.8 Å². The van der Waals surface area contributed by atoms with Crippen molar-refractivity contribution >= 4 is 21.8 Å². The van der Waals surface area contributed by atoms with Crippen molar-refractivity contribution in [3.8, 4) is 0 Å². The normalized spacial score (nSPS) is 12.9. The van der Waals surface area contributed by atoms with E-state index in [9.17, 15) is 18.0 Å². The number of rotatable bonds is 6. The third-order valence-electron chi connectivity index (χ3n) is 2.42. The van der Waals surface area contributed by atoms with Gasteiger partial charge >= 0.3 is 5.97 Å². The lowest BCUT2D eigenvalue weighted by Crippen LogP contribution is -2.41. The molecule has 0 fully saturated rings. The zero-order chi connectivity index (χ0) is 14.6. The summed E-state index contributed by atoms with van der Waals surface area (Å²) >= 11 is 0. The predicted octanol–water partition coefficient (Wildman–Crippen LogP) is 0.706. The number of ketones is 1. The molecule has 0 unspecified atom stereocenters. The molecule has 0 bridgehead atoms. The number of carboxylic acids is 1. The minimum atomic E-state index is -3.95. The van der Waals surface area contributed by atoms with E-state index in [1.54, 1.807) is 19.1 Å². The van der Waals surface area contributed by atoms with E-state index in [0.717, 1.165) is 5.56 Å². The van der Waals surface area contributed by atoms with E-state index >= 15 is 0 Å². The maximum atomic E-state index is 12.0. The second-order valence-corrected chi connectivity index (χ2v) is 5.95. The number of carboxylic acid groups (broad SMARTS) is 1. The number of hydrogen-bond donors (Lipinski definition) is 2. The maximum absolute atomic E-state index is 12.0. The molecule has 2 N–H and O–H groups in total. The van der Waals surface area contributed by atoms with Gasteiger partial charge in [-0.05, 0) is 26.0 Å². The van der Waals surface area contributed by atoms with Gasteiger partial charge in [-0.2, -0.15) is 4.72 Å². The number of hydrogen-bond acceptors (Lipinski definition) is 4. The van der Waals surface area contributed by atoms with Crippen molar-refractivity contribution in [3.63, 3.8) is 0 Å². The number of carbonyl (C=O) groups is 2. The number of aryl methyl sites for hydroxylation is 1. The summed E-state index contributed by atoms with van der Waals surface area (Å²) in [4.78, 5) is 21.8. The molecule has 0 saturated carbocycles. The highest BCUT2D eigenvalue weighted by atomic mass is 32.2. The van der Waals surface area contributed by atoms with Gasteiger partial charge in [0.05, 0.1) is 4.90 Å². The van der Waals surface area contributed by atoms with E-state index in [2.05, 4.69) is 0 Å². The maximum Gasteiger partial charge on any atom is 0.322 e. The fourth-order valence-electron chi connectivity index (χ4n) is 1.44. The number of nitrogens with one attached hydrogen (secondary N) is 1. The fraction of sp³-hybridized carbons (Fsp3) is 0.333. The molecule has 0 aromatic heterocycles. The van der Waals surface area contributed by atoms with E-state index in [0.29, 0.717) is 0 Å². The van der Waals surface area contributed by atoms with Crippen molar-refractivity contribution in [2.24, 2.45) is 0 Å². The zero-order valence-corrected chi connectivity index (χ0v) is 11.4. The van der Waals surface area contributed by atoms with E-state index in [4.69, 9.17) is 5.11 Å². The van der Waals surface area contributed by atoms with Crippen LogP contribution in [0.3, 0.4) is 0 Å². The number of Topliss-reactive ketones (excluding diaryl/α,β-unsaturated/α-hetero) is 1. The molecule has 0 spiro atoms. The fourth-order valence-corrected chi connectivity index (χ4v) is 2.63. The van der Waals surface area contributed by atoms with Gasteiger partial charge in [0.1, 0.15) is 11.8 Å². The smallest absolute Gasteiger partial charge is 0.322 e. The molecule has 19 heavy (non-hydrogen) atoms. The molecule has 0 saturated heterocycles. The molecule has 1 aromatic rings. The van der Waals surface area contributed by atoms with Gasteiger partial charge < -0.3 is 5.11 Å². The molecule has 1 rings (SSSR count). The van der Waals surface area contributed by atoms with Crippen LogP contribution in [0.1, 0.15) is 18.9 Å². The summed E-state index contributed by atoms with van der Waals surface area (Å²) in [5.74, 6) is -1.79. The number of sulfonamides is 1. The monoisotopic (exact) mass is 285 g/mol. The van der Waals surface area contributed by atoms with Crippen LogP contribution in [0.2, 0.25) is 0 Å². The van der Waals surface area contributed by atoms with Gasteiger partial charge in [-0.3, -0.25) is 9.59 Å². The van der Waals surface area contributed by atoms with Crippen molar-refractivity contribution in [2.75, 3.05) is 0 Å². The molecule has 0 heterocycles. The summed E-state index contributed by atoms with van der Waals surface area (Å²) in [6.07, 6.45) is -0.388. The highest BCUT2D eigenvalue weighted by Gasteiger charge is 2.26. The van der Waals surface area contributed by atoms with Crippen LogP contribution in [0.4, 0.5) is 0 Å². The summed E-state index contributed by atoms with van der Waals surface area (Å²) < 4.78 is 25.9. The highest BCUT2D eigenvalue weighted by molar-refractivity contribution is 7.89. The third-order valence-corrected chi connectivity index (χ3v) is 3.91. The molecule has 0 aliphatic rings. The molecule has 0 radical (unpaired) electrons. The van der Waals surface area contributed by atoms with Crippen LogP contribution in [-0.2, 0) is 19.6 Å². The molecule has 7 heteroatoms. The van der Waals surface area contributed by atoms with E-state index in [-0.39, 0.29) is 11.3 Å². The lowest BCUT2D eigenvalue weighted by atomic mass is 10.2. The summed E-state index contributed by atoms with van der Waals surface area (Å²) in [6.45, 7) is 3.01. The van der Waals surface area contributed by atoms with Gasteiger partial charge in [0.15, 0.2) is 0 Å². The van der Waals surface area contributed by atoms with Crippen LogP contribution in [0.25, 0.3) is 0 Å². The molecule has 1 atom stereocenters. The lowest BCUT2D eigenvalue weighted by molar-refractivity contribution is -0.140. The molecule has 1 aromatic carbocycles. The van der Waals surface area contributed by atoms with Crippen molar-refractivity contribution < 1.29 is 23.1 Å². The Morgan fingerprint density at radius 2 is 1.79 bits per heavy atom. The molecule has 0 aliphatic carbocycles. The zero-order valence-electron chi connectivity index (χ0n) is 10.6. The Morgan fingerprint density at radius 1 is 1.26 bits per heavy atom. The van der Waals surface area contributed by atoms with Crippen LogP contribution in [-0.4, -0.2) is 31.3 Å². The van der Waals surface area contributed by atoms with Gasteiger partial charge in [-0.15, -0.1) is 0 Å². The molecular formula is C12H15NO5S. The first-order chi connectivity index (χ1) is 8.72. The van der Waals surface area contributed by atoms with Crippen molar-refractivity contribution in [2.45, 2.75) is 31.2 Å². The van der Waals surface area contributed by atoms with Gasteiger partial charge in [0.2, 0.25) is 10.0 Å². The first-order valence-corrected chi connectivity index (χ1v) is 7.02. The van der Waals surface area contributed by atoms with E-state index in [1.807, 2.05) is 4.72 Å². The molecule has 6 nitrogen and oxygen atoms in total. The Bertz CT molecular complexity index is 577. The Morgan fingerprint density at radius 3 is 2.21 bits per heavy atom. The largest absolute Gasteiger partial charge is 0.480 e. The van der Waals surface area contributed by atoms with Gasteiger partial charge in [0, 0.05) is 6.42 Å². The first kappa shape index (κ1) is 15.3. The second-order valence-electron chi connectivity index (χ2n) is 4.23. The van der Waals surface area contributed by atoms with Crippen molar-refractivity contribution in [1.29, 1.82) is 0 Å². The minimum absolute atomic E-state index is 0.0343. The lowest BCUT2D eigenvalue weighted by Gasteiger charge is -2.13. The average molecular weight is 285 g/mol. The number of aliphatic carboxylic acids is 1. The third kappa shape index (κ3) is 4.46. The van der Waals surface area contributed by atoms with Gasteiger partial charge in [-0.1, -0.05) is 17.7 Å². The SMILES string of the molecule is CC(=O)C[C@H](NS(=O)(=O)c1ccc(C)cc1)C(=O)O. The standard InChI is InChI=1S/C12H15NO5S/c1-8-3-5-10(6-4-8)19(17,18)13-11(12(15)16)7-9(2)14/h3-6,11,13H,7H2,1-2H3,(H,15,16)/t11-/m0/s1. The Balaban J connectivity index is 2.97. The summed E-state index contributed by atoms with van der Waals surface area (Å²) in [5.41, 5.74) is 0.887. The Kier molecular flexibility index (Phi) is 4.79. The topological polar surface area (TPSA) is 101 Å². The van der Waals surface area contributed by atoms with Gasteiger partial charge in [0.25, 0.3) is 0 Å². The summed E-state index contributed by atoms with van der Waals surface area (Å²) in [5, 5.41) is 8.90. The minimum Gasteiger partial charge on any atom is -0.480 e. The van der Waals surface area contributed by atoms with Gasteiger partial charge in [-0.25, -0.2) is 8.42 Å². The quantitative estimate of drug-likeness (QED) is 0.801. The first-order valence-electron chi connectivity index (χ1n) is 5.53. The van der Waals surface area contributed by atoms with E-state index < -0.39 is 27.8 Å². The van der Waals surface area contributed by atoms with Crippen LogP contribution in [0, 0.1) is 6.92 Å². The van der Waals surface area contributed by atoms with E-state index in [1.165, 1.54) is 19.1 Å². The van der Waals surface area contributed by atoms with Crippen LogP contribution in [0.5, 0.6) is 0 Å². The highest BCUT2D eigenvalue weighted by Crippen LogP contribution is 2.11. The second kappa shape index (κ2) is 5.94. The Labute approximate surface area is 111 Å². The van der Waals surface area contributed by atoms with Crippen LogP contribution >= 0.6 is 0 Å².